The number of nitrogens with zero attached hydrogens (tertiary/aromatic N) is 1. The number of nitrogens with two attached hydrogens (primary N) is 1. The van der Waals surface area contributed by atoms with Crippen molar-refractivity contribution in [3.05, 3.63) is 28.7 Å². The number of carbonyl (C=O) groups is 1. The van der Waals surface area contributed by atoms with Crippen molar-refractivity contribution >= 4 is 22.6 Å². The van der Waals surface area contributed by atoms with E-state index in [1.165, 1.54) is 4.90 Å². The summed E-state index contributed by atoms with van der Waals surface area (Å²) in [4.78, 5) is 29.8. The number of benzene rings is 1. The second-order valence-corrected chi connectivity index (χ2v) is 4.44. The van der Waals surface area contributed by atoms with Crippen molar-refractivity contribution in [3.63, 3.8) is 0 Å². The van der Waals surface area contributed by atoms with E-state index >= 15 is 0 Å². The minimum Gasteiger partial charge on any atom is -0.327 e. The first-order chi connectivity index (χ1) is 8.47. The molecule has 1 unspecified atom stereocenters. The van der Waals surface area contributed by atoms with Crippen molar-refractivity contribution < 1.29 is 4.79 Å². The third-order valence-electron chi connectivity index (χ3n) is 2.76. The van der Waals surface area contributed by atoms with Gasteiger partial charge in [-0.1, -0.05) is 0 Å². The van der Waals surface area contributed by atoms with E-state index in [0.717, 1.165) is 11.2 Å². The molecule has 0 aliphatic carbocycles. The SMILES string of the molecule is CC(N)CC(=O)N(C)c1ccc2[nH]c(=O)[nH]c2c1. The van der Waals surface area contributed by atoms with Gasteiger partial charge in [-0.15, -0.1) is 0 Å². The Hall–Kier alpha value is -2.08. The quantitative estimate of drug-likeness (QED) is 0.740. The molecule has 0 spiro atoms. The molecule has 0 aliphatic rings. The third kappa shape index (κ3) is 2.43. The number of nitrogens with one attached hydrogen (secondary N) is 2. The first-order valence-corrected chi connectivity index (χ1v) is 5.71. The summed E-state index contributed by atoms with van der Waals surface area (Å²) in [7, 11) is 1.69. The monoisotopic (exact) mass is 248 g/mol. The predicted octanol–water partition coefficient (Wildman–Crippen LogP) is 0.556. The lowest BCUT2D eigenvalue weighted by Crippen LogP contribution is -2.31. The molecule has 96 valence electrons. The standard InChI is InChI=1S/C12H16N4O2/c1-7(13)5-11(17)16(2)8-3-4-9-10(6-8)15-12(18)14-9/h3-4,6-7H,5,13H2,1-2H3,(H2,14,15,18). The summed E-state index contributed by atoms with van der Waals surface area (Å²) in [6, 6.07) is 5.13. The second kappa shape index (κ2) is 4.66. The first kappa shape index (κ1) is 12.4. The average Bonchev–Trinajstić information content (AvgIpc) is 2.65. The molecule has 0 radical (unpaired) electrons. The van der Waals surface area contributed by atoms with Crippen molar-refractivity contribution in [2.45, 2.75) is 19.4 Å². The molecule has 18 heavy (non-hydrogen) atoms. The van der Waals surface area contributed by atoms with Gasteiger partial charge < -0.3 is 20.6 Å². The number of anilines is 1. The van der Waals surface area contributed by atoms with Crippen LogP contribution < -0.4 is 16.3 Å². The average molecular weight is 248 g/mol. The van der Waals surface area contributed by atoms with Crippen molar-refractivity contribution in [2.24, 2.45) is 5.73 Å². The van der Waals surface area contributed by atoms with Crippen LogP contribution in [0.15, 0.2) is 23.0 Å². The van der Waals surface area contributed by atoms with Gasteiger partial charge in [-0.05, 0) is 25.1 Å². The highest BCUT2D eigenvalue weighted by Crippen LogP contribution is 2.18. The summed E-state index contributed by atoms with van der Waals surface area (Å²) in [6.07, 6.45) is 0.290. The number of aromatic nitrogens is 2. The molecule has 1 aromatic carbocycles. The largest absolute Gasteiger partial charge is 0.327 e. The fourth-order valence-corrected chi connectivity index (χ4v) is 1.79. The molecule has 2 aromatic rings. The minimum absolute atomic E-state index is 0.0535. The first-order valence-electron chi connectivity index (χ1n) is 5.71. The Morgan fingerprint density at radius 2 is 2.06 bits per heavy atom. The molecule has 2 rings (SSSR count). The van der Waals surface area contributed by atoms with E-state index in [4.69, 9.17) is 5.73 Å². The number of carbonyl (C=O) groups excluding carboxylic acids is 1. The third-order valence-corrected chi connectivity index (χ3v) is 2.76. The van der Waals surface area contributed by atoms with Crippen LogP contribution in [-0.4, -0.2) is 29.0 Å². The molecule has 4 N–H and O–H groups in total. The van der Waals surface area contributed by atoms with Gasteiger partial charge in [0, 0.05) is 25.2 Å². The van der Waals surface area contributed by atoms with Crippen LogP contribution in [0.25, 0.3) is 11.0 Å². The van der Waals surface area contributed by atoms with Crippen LogP contribution in [0, 0.1) is 0 Å². The Kier molecular flexibility index (Phi) is 3.20. The van der Waals surface area contributed by atoms with Crippen LogP contribution >= 0.6 is 0 Å². The van der Waals surface area contributed by atoms with Gasteiger partial charge in [-0.3, -0.25) is 4.79 Å². The maximum atomic E-state index is 11.9. The molecular weight excluding hydrogens is 232 g/mol. The molecule has 0 saturated carbocycles. The number of imidazole rings is 1. The van der Waals surface area contributed by atoms with Crippen LogP contribution in [0.4, 0.5) is 5.69 Å². The van der Waals surface area contributed by atoms with E-state index in [9.17, 15) is 9.59 Å². The van der Waals surface area contributed by atoms with Crippen LogP contribution in [0.1, 0.15) is 13.3 Å². The highest BCUT2D eigenvalue weighted by molar-refractivity contribution is 5.95. The van der Waals surface area contributed by atoms with Gasteiger partial charge in [0.1, 0.15) is 0 Å². The summed E-state index contributed by atoms with van der Waals surface area (Å²) in [5.74, 6) is -0.0535. The Labute approximate surface area is 104 Å². The van der Waals surface area contributed by atoms with E-state index < -0.39 is 0 Å². The Balaban J connectivity index is 2.30. The van der Waals surface area contributed by atoms with Gasteiger partial charge >= 0.3 is 5.69 Å². The van der Waals surface area contributed by atoms with Crippen molar-refractivity contribution in [3.8, 4) is 0 Å². The number of fused-ring (bicyclic) bond motifs is 1. The number of rotatable bonds is 3. The lowest BCUT2D eigenvalue weighted by molar-refractivity contribution is -0.118. The van der Waals surface area contributed by atoms with Gasteiger partial charge in [0.15, 0.2) is 0 Å². The van der Waals surface area contributed by atoms with Gasteiger partial charge in [0.05, 0.1) is 11.0 Å². The van der Waals surface area contributed by atoms with Gasteiger partial charge in [-0.25, -0.2) is 4.79 Å². The highest BCUT2D eigenvalue weighted by atomic mass is 16.2. The highest BCUT2D eigenvalue weighted by Gasteiger charge is 2.13. The predicted molar refractivity (Wildman–Crippen MR) is 70.6 cm³/mol. The summed E-state index contributed by atoms with van der Waals surface area (Å²) < 4.78 is 0. The zero-order chi connectivity index (χ0) is 13.3. The van der Waals surface area contributed by atoms with Crippen molar-refractivity contribution in [1.82, 2.24) is 9.97 Å². The maximum Gasteiger partial charge on any atom is 0.323 e. The van der Waals surface area contributed by atoms with E-state index in [2.05, 4.69) is 9.97 Å². The Morgan fingerprint density at radius 1 is 1.39 bits per heavy atom. The molecule has 1 atom stereocenters. The van der Waals surface area contributed by atoms with E-state index in [-0.39, 0.29) is 24.1 Å². The van der Waals surface area contributed by atoms with E-state index in [1.807, 2.05) is 0 Å². The van der Waals surface area contributed by atoms with E-state index in [0.29, 0.717) is 5.52 Å². The molecule has 1 amide bonds. The topological polar surface area (TPSA) is 95.0 Å². The number of aromatic amines is 2. The van der Waals surface area contributed by atoms with Crippen LogP contribution in [0.2, 0.25) is 0 Å². The lowest BCUT2D eigenvalue weighted by atomic mass is 10.2. The molecule has 0 bridgehead atoms. The minimum atomic E-state index is -0.258. The molecule has 1 heterocycles. The second-order valence-electron chi connectivity index (χ2n) is 4.44. The summed E-state index contributed by atoms with van der Waals surface area (Å²) in [5, 5.41) is 0. The summed E-state index contributed by atoms with van der Waals surface area (Å²) in [5.41, 5.74) is 7.47. The fraction of sp³-hybridized carbons (Fsp3) is 0.333. The summed E-state index contributed by atoms with van der Waals surface area (Å²) in [6.45, 7) is 1.79. The fourth-order valence-electron chi connectivity index (χ4n) is 1.79. The van der Waals surface area contributed by atoms with Crippen molar-refractivity contribution in [1.29, 1.82) is 0 Å². The van der Waals surface area contributed by atoms with Gasteiger partial charge in [-0.2, -0.15) is 0 Å². The normalized spacial score (nSPS) is 12.6. The zero-order valence-electron chi connectivity index (χ0n) is 10.4. The maximum absolute atomic E-state index is 11.9. The molecule has 6 nitrogen and oxygen atoms in total. The number of hydrogen-bond acceptors (Lipinski definition) is 3. The Morgan fingerprint density at radius 3 is 2.72 bits per heavy atom. The molecule has 0 aliphatic heterocycles. The number of hydrogen-bond donors (Lipinski definition) is 3. The Bertz CT molecular complexity index is 626. The smallest absolute Gasteiger partial charge is 0.323 e. The molecular formula is C12H16N4O2. The molecule has 6 heteroatoms. The number of amides is 1. The molecule has 1 aromatic heterocycles. The van der Waals surface area contributed by atoms with Crippen LogP contribution in [0.5, 0.6) is 0 Å². The van der Waals surface area contributed by atoms with Crippen LogP contribution in [0.3, 0.4) is 0 Å². The molecule has 0 fully saturated rings. The zero-order valence-corrected chi connectivity index (χ0v) is 10.4. The van der Waals surface area contributed by atoms with Crippen molar-refractivity contribution in [2.75, 3.05) is 11.9 Å². The lowest BCUT2D eigenvalue weighted by Gasteiger charge is -2.18. The van der Waals surface area contributed by atoms with Gasteiger partial charge in [0.2, 0.25) is 5.91 Å². The molecule has 0 saturated heterocycles. The number of H-pyrrole nitrogens is 2. The summed E-state index contributed by atoms with van der Waals surface area (Å²) >= 11 is 0. The van der Waals surface area contributed by atoms with Gasteiger partial charge in [0.25, 0.3) is 0 Å². The van der Waals surface area contributed by atoms with E-state index in [1.54, 1.807) is 32.2 Å². The van der Waals surface area contributed by atoms with Crippen LogP contribution in [-0.2, 0) is 4.79 Å².